The molecular formula is C73H81N9O14. The van der Waals surface area contributed by atoms with Gasteiger partial charge in [0.15, 0.2) is 0 Å². The minimum atomic E-state index is -1.46. The Bertz CT molecular complexity index is 3980. The first-order chi connectivity index (χ1) is 45.8. The number of fused-ring (bicyclic) bond motifs is 4. The number of alkyl carbamates (subject to hydrolysis) is 1. The molecule has 0 radical (unpaired) electrons. The quantitative estimate of drug-likeness (QED) is 0.0205. The molecule has 5 N–H and O–H groups in total. The van der Waals surface area contributed by atoms with Crippen LogP contribution in [-0.4, -0.2) is 153 Å². The minimum absolute atomic E-state index is 0.0284. The van der Waals surface area contributed by atoms with Gasteiger partial charge in [-0.1, -0.05) is 147 Å². The van der Waals surface area contributed by atoms with Gasteiger partial charge >= 0.3 is 24.1 Å². The fourth-order valence-electron chi connectivity index (χ4n) is 11.8. The number of terminal acetylenes is 1. The number of carboxylic acids is 1. The van der Waals surface area contributed by atoms with Gasteiger partial charge in [-0.15, -0.1) is 11.5 Å². The first-order valence-corrected chi connectivity index (χ1v) is 31.6. The third-order valence-electron chi connectivity index (χ3n) is 16.9. The predicted octanol–water partition coefficient (Wildman–Crippen LogP) is 8.11. The number of nitrogens with one attached hydrogen (secondary N) is 4. The van der Waals surface area contributed by atoms with Crippen molar-refractivity contribution in [1.29, 1.82) is 0 Å². The predicted molar refractivity (Wildman–Crippen MR) is 356 cm³/mol. The first-order valence-electron chi connectivity index (χ1n) is 31.6. The molecule has 96 heavy (non-hydrogen) atoms. The molecule has 23 nitrogen and oxygen atoms in total. The Morgan fingerprint density at radius 1 is 0.698 bits per heavy atom. The van der Waals surface area contributed by atoms with E-state index in [4.69, 9.17) is 30.1 Å². The number of carboxylic acid groups (broad SMARTS) is 1. The van der Waals surface area contributed by atoms with Crippen LogP contribution in [0.25, 0.3) is 21.9 Å². The number of hydrogen-bond acceptors (Lipinski definition) is 15. The van der Waals surface area contributed by atoms with E-state index in [2.05, 4.69) is 37.5 Å². The van der Waals surface area contributed by atoms with Crippen LogP contribution < -0.4 is 30.7 Å². The highest BCUT2D eigenvalue weighted by Gasteiger charge is 2.49. The summed E-state index contributed by atoms with van der Waals surface area (Å²) in [5.41, 5.74) is 4.56. The Labute approximate surface area is 557 Å². The second kappa shape index (κ2) is 30.5. The van der Waals surface area contributed by atoms with Gasteiger partial charge in [-0.2, -0.15) is 0 Å². The number of benzene rings is 6. The summed E-state index contributed by atoms with van der Waals surface area (Å²) in [6, 6.07) is 33.8. The fraction of sp³-hybridized carbons (Fsp3) is 0.370. The zero-order valence-electron chi connectivity index (χ0n) is 55.2. The zero-order chi connectivity index (χ0) is 69.0. The third-order valence-corrected chi connectivity index (χ3v) is 16.9. The number of carbonyl (C=O) groups excluding carboxylic acids is 7. The molecule has 502 valence electrons. The van der Waals surface area contributed by atoms with Crippen molar-refractivity contribution in [3.63, 3.8) is 0 Å². The molecule has 2 aliphatic rings. The number of aliphatic carboxylic acids is 1. The minimum Gasteiger partial charge on any atom is -0.487 e. The molecule has 23 heteroatoms. The molecule has 1 aromatic heterocycles. The lowest BCUT2D eigenvalue weighted by Crippen LogP contribution is -2.62. The van der Waals surface area contributed by atoms with Crippen molar-refractivity contribution in [2.75, 3.05) is 33.9 Å². The molecule has 6 amide bonds. The van der Waals surface area contributed by atoms with Crippen LogP contribution in [0.15, 0.2) is 146 Å². The summed E-state index contributed by atoms with van der Waals surface area (Å²) >= 11 is 0. The number of hydrogen-bond donors (Lipinski definition) is 5. The van der Waals surface area contributed by atoms with Crippen molar-refractivity contribution in [3.05, 3.63) is 179 Å². The highest BCUT2D eigenvalue weighted by atomic mass is 16.6. The van der Waals surface area contributed by atoms with E-state index >= 15 is 9.59 Å². The number of nitrogens with zero attached hydrogens (tertiary/aromatic N) is 5. The Hall–Kier alpha value is -10.8. The third kappa shape index (κ3) is 17.3. The van der Waals surface area contributed by atoms with E-state index in [1.54, 1.807) is 96.3 Å². The van der Waals surface area contributed by atoms with Gasteiger partial charge in [0.25, 0.3) is 0 Å². The van der Waals surface area contributed by atoms with E-state index < -0.39 is 101 Å². The van der Waals surface area contributed by atoms with Crippen LogP contribution in [0.5, 0.6) is 11.5 Å². The van der Waals surface area contributed by atoms with Crippen molar-refractivity contribution >= 4 is 58.5 Å². The average Bonchev–Trinajstić information content (AvgIpc) is 1.59. The van der Waals surface area contributed by atoms with Crippen molar-refractivity contribution in [2.24, 2.45) is 5.41 Å². The maximum Gasteiger partial charge on any atom is 0.410 e. The Kier molecular flexibility index (Phi) is 22.1. The van der Waals surface area contributed by atoms with E-state index in [0.717, 1.165) is 37.9 Å². The summed E-state index contributed by atoms with van der Waals surface area (Å²) in [6.07, 6.45) is 5.33. The number of amides is 6. The van der Waals surface area contributed by atoms with Crippen LogP contribution in [0, 0.1) is 17.8 Å². The van der Waals surface area contributed by atoms with Gasteiger partial charge in [0, 0.05) is 38.8 Å². The summed E-state index contributed by atoms with van der Waals surface area (Å²) in [5, 5.41) is 32.2. The zero-order valence-corrected chi connectivity index (χ0v) is 55.2. The van der Waals surface area contributed by atoms with Crippen LogP contribution in [-0.2, 0) is 68.8 Å². The molecule has 1 saturated heterocycles. The number of likely N-dealkylation sites (tertiary alicyclic amines) is 1. The van der Waals surface area contributed by atoms with Crippen LogP contribution >= 0.6 is 0 Å². The SMILES string of the molecule is C#CCOc1ccc(CC(NC(=O)C(Cc2ccc3ccccc3c2)NC(=O)[C@@H]2[C@H](n3cc(COc4ccc(CC(NC(=O)OCC5c6ccccc6-c6ccccc65)C(=O)OC)cc4)nn3)CCN2C(=O)C(NC(=O)C(C)N(C)C(=O)OC(C)(C)C)C(C)(C)C)C(=O)O)cc1. The largest absolute Gasteiger partial charge is 0.487 e. The number of carbonyl (C=O) groups is 8. The second-order valence-electron chi connectivity index (χ2n) is 26.0. The monoisotopic (exact) mass is 1310 g/mol. The summed E-state index contributed by atoms with van der Waals surface area (Å²) in [7, 11) is 2.64. The molecule has 1 aliphatic heterocycles. The molecule has 2 heterocycles. The molecule has 9 rings (SSSR count). The molecule has 0 saturated carbocycles. The summed E-state index contributed by atoms with van der Waals surface area (Å²) < 4.78 is 29.4. The summed E-state index contributed by atoms with van der Waals surface area (Å²) in [4.78, 5) is 115. The van der Waals surface area contributed by atoms with E-state index in [-0.39, 0.29) is 58.0 Å². The fourth-order valence-corrected chi connectivity index (χ4v) is 11.8. The number of aromatic nitrogens is 3. The van der Waals surface area contributed by atoms with Crippen LogP contribution in [0.2, 0.25) is 0 Å². The lowest BCUT2D eigenvalue weighted by molar-refractivity contribution is -0.146. The van der Waals surface area contributed by atoms with Gasteiger partial charge in [0.1, 0.15) is 78.9 Å². The molecule has 7 aromatic rings. The van der Waals surface area contributed by atoms with Crippen molar-refractivity contribution in [3.8, 4) is 35.0 Å². The number of esters is 1. The number of rotatable bonds is 25. The smallest absolute Gasteiger partial charge is 0.410 e. The standard InChI is InChI=1S/C73H81N9O14/c1-11-36-93-51-30-25-45(26-31-51)38-59(68(87)88)75-65(84)58(40-47-24-29-48-18-12-13-19-49(48)37-47)74-66(85)62-61(34-35-81(62)67(86)63(72(3,4)5)77-64(83)44(2)80(9)71(91)96-73(6,7)8)82-41-50(78-79-82)42-94-52-32-27-46(28-33-52)39-60(69(89)92-10)76-70(90)95-43-57-55-22-16-14-20-53(55)54-21-15-17-23-56(54)57/h1,12-33,37,41,44,57-63H,34-36,38-40,42-43H2,2-10H3,(H,74,85)(H,75,84)(H,76,90)(H,77,83)(H,87,88)/t44?,58?,59?,60?,61-,62+,63?/m1/s1. The molecule has 1 aliphatic carbocycles. The van der Waals surface area contributed by atoms with E-state index in [1.807, 2.05) is 91.0 Å². The molecule has 5 unspecified atom stereocenters. The van der Waals surface area contributed by atoms with E-state index in [9.17, 15) is 33.9 Å². The summed E-state index contributed by atoms with van der Waals surface area (Å²) in [6.45, 7) is 11.7. The molecule has 7 atom stereocenters. The average molecular weight is 1310 g/mol. The van der Waals surface area contributed by atoms with Crippen LogP contribution in [0.4, 0.5) is 9.59 Å². The van der Waals surface area contributed by atoms with Gasteiger partial charge in [0.05, 0.1) is 19.3 Å². The first kappa shape index (κ1) is 69.6. The van der Waals surface area contributed by atoms with Gasteiger partial charge < -0.3 is 55.0 Å². The lowest BCUT2D eigenvalue weighted by Gasteiger charge is -2.37. The Morgan fingerprint density at radius 2 is 1.28 bits per heavy atom. The molecule has 0 bridgehead atoms. The van der Waals surface area contributed by atoms with Crippen molar-refractivity contribution in [1.82, 2.24) is 46.1 Å². The van der Waals surface area contributed by atoms with Crippen molar-refractivity contribution < 1.29 is 67.1 Å². The highest BCUT2D eigenvalue weighted by Crippen LogP contribution is 2.44. The van der Waals surface area contributed by atoms with Gasteiger partial charge in [0.2, 0.25) is 23.6 Å². The normalized spacial score (nSPS) is 15.8. The number of methoxy groups -OCH3 is 1. The summed E-state index contributed by atoms with van der Waals surface area (Å²) in [5.74, 6) is -1.87. The van der Waals surface area contributed by atoms with E-state index in [1.165, 1.54) is 30.7 Å². The molecule has 0 spiro atoms. The molecule has 6 aromatic carbocycles. The number of likely N-dealkylation sites (N-methyl/N-ethyl adjacent to an activating group) is 1. The second-order valence-corrected chi connectivity index (χ2v) is 26.0. The van der Waals surface area contributed by atoms with Crippen molar-refractivity contribution in [2.45, 2.75) is 135 Å². The van der Waals surface area contributed by atoms with Crippen LogP contribution in [0.3, 0.4) is 0 Å². The van der Waals surface area contributed by atoms with Gasteiger partial charge in [-0.05, 0) is 114 Å². The van der Waals surface area contributed by atoms with Gasteiger partial charge in [-0.25, -0.2) is 23.9 Å². The Balaban J connectivity index is 0.940. The maximum absolute atomic E-state index is 15.5. The van der Waals surface area contributed by atoms with Gasteiger partial charge in [-0.3, -0.25) is 24.1 Å². The Morgan fingerprint density at radius 3 is 1.89 bits per heavy atom. The topological polar surface area (TPSA) is 288 Å². The molecule has 1 fully saturated rings. The van der Waals surface area contributed by atoms with Crippen LogP contribution in [0.1, 0.15) is 100 Å². The highest BCUT2D eigenvalue weighted by molar-refractivity contribution is 5.97. The van der Waals surface area contributed by atoms with E-state index in [0.29, 0.717) is 33.9 Å². The molecular weight excluding hydrogens is 1230 g/mol. The lowest BCUT2D eigenvalue weighted by atomic mass is 9.85. The number of ether oxygens (including phenoxy) is 5. The maximum atomic E-state index is 15.5.